The van der Waals surface area contributed by atoms with Crippen molar-refractivity contribution in [1.82, 2.24) is 10.1 Å². The van der Waals surface area contributed by atoms with E-state index in [4.69, 9.17) is 4.52 Å². The summed E-state index contributed by atoms with van der Waals surface area (Å²) in [5, 5.41) is 3.75. The number of rotatable bonds is 2. The quantitative estimate of drug-likeness (QED) is 0.732. The lowest BCUT2D eigenvalue weighted by Gasteiger charge is -2.28. The predicted octanol–water partition coefficient (Wildman–Crippen LogP) is 1.18. The maximum absolute atomic E-state index is 11.2. The first-order valence-corrected chi connectivity index (χ1v) is 5.22. The molecule has 0 aromatic carbocycles. The summed E-state index contributed by atoms with van der Waals surface area (Å²) in [7, 11) is 0. The van der Waals surface area contributed by atoms with E-state index < -0.39 is 0 Å². The molecule has 1 aliphatic heterocycles. The van der Waals surface area contributed by atoms with E-state index in [1.807, 2.05) is 4.90 Å². The number of hydrogen-bond donors (Lipinski definition) is 0. The molecule has 0 spiro atoms. The Bertz CT molecular complexity index is 353. The van der Waals surface area contributed by atoms with Gasteiger partial charge in [-0.15, -0.1) is 0 Å². The summed E-state index contributed by atoms with van der Waals surface area (Å²) in [6.45, 7) is 5.12. The molecule has 0 radical (unpaired) electrons. The van der Waals surface area contributed by atoms with Crippen molar-refractivity contribution in [3.63, 3.8) is 0 Å². The molecular formula is C10H15N3O2. The summed E-state index contributed by atoms with van der Waals surface area (Å²) in [4.78, 5) is 17.4. The summed E-state index contributed by atoms with van der Waals surface area (Å²) in [5.41, 5.74) is 0. The number of aryl methyl sites for hydroxylation is 1. The van der Waals surface area contributed by atoms with Gasteiger partial charge in [-0.1, -0.05) is 5.16 Å². The standard InChI is InChI=1S/C10H15N3O2/c1-7(14)9-3-5-13(6-4-9)10-11-8(2)12-15-10/h9H,3-6H2,1-2H3. The number of piperidine rings is 1. The van der Waals surface area contributed by atoms with Gasteiger partial charge in [0.05, 0.1) is 0 Å². The van der Waals surface area contributed by atoms with Crippen LogP contribution in [0.5, 0.6) is 0 Å². The summed E-state index contributed by atoms with van der Waals surface area (Å²) >= 11 is 0. The Hall–Kier alpha value is -1.39. The van der Waals surface area contributed by atoms with E-state index in [-0.39, 0.29) is 11.7 Å². The predicted molar refractivity (Wildman–Crippen MR) is 54.7 cm³/mol. The van der Waals surface area contributed by atoms with E-state index in [2.05, 4.69) is 10.1 Å². The van der Waals surface area contributed by atoms with Gasteiger partial charge in [0, 0.05) is 19.0 Å². The van der Waals surface area contributed by atoms with Gasteiger partial charge in [-0.05, 0) is 26.7 Å². The molecule has 2 heterocycles. The first-order chi connectivity index (χ1) is 7.16. The molecule has 1 fully saturated rings. The minimum atomic E-state index is 0.213. The highest BCUT2D eigenvalue weighted by Crippen LogP contribution is 2.22. The van der Waals surface area contributed by atoms with Crippen molar-refractivity contribution in [2.24, 2.45) is 5.92 Å². The van der Waals surface area contributed by atoms with Gasteiger partial charge in [0.25, 0.3) is 0 Å². The van der Waals surface area contributed by atoms with Gasteiger partial charge in [0.15, 0.2) is 5.82 Å². The number of carbonyl (C=O) groups excluding carboxylic acids is 1. The van der Waals surface area contributed by atoms with E-state index in [0.29, 0.717) is 11.8 Å². The molecule has 1 saturated heterocycles. The molecular weight excluding hydrogens is 194 g/mol. The third-order valence-electron chi connectivity index (χ3n) is 2.86. The third-order valence-corrected chi connectivity index (χ3v) is 2.86. The van der Waals surface area contributed by atoms with Crippen LogP contribution in [-0.4, -0.2) is 29.0 Å². The highest BCUT2D eigenvalue weighted by atomic mass is 16.5. The number of nitrogens with zero attached hydrogens (tertiary/aromatic N) is 3. The van der Waals surface area contributed by atoms with Crippen LogP contribution in [0.3, 0.4) is 0 Å². The molecule has 2 rings (SSSR count). The fourth-order valence-electron chi connectivity index (χ4n) is 1.89. The van der Waals surface area contributed by atoms with Gasteiger partial charge in [-0.2, -0.15) is 4.98 Å². The molecule has 0 N–H and O–H groups in total. The zero-order valence-corrected chi connectivity index (χ0v) is 9.06. The molecule has 1 aliphatic rings. The minimum Gasteiger partial charge on any atom is -0.324 e. The maximum Gasteiger partial charge on any atom is 0.324 e. The summed E-state index contributed by atoms with van der Waals surface area (Å²) in [6.07, 6.45) is 1.77. The average Bonchev–Trinajstić information content (AvgIpc) is 2.65. The number of aromatic nitrogens is 2. The van der Waals surface area contributed by atoms with Crippen molar-refractivity contribution in [3.8, 4) is 0 Å². The topological polar surface area (TPSA) is 59.2 Å². The smallest absolute Gasteiger partial charge is 0.324 e. The van der Waals surface area contributed by atoms with Gasteiger partial charge in [0.1, 0.15) is 5.78 Å². The van der Waals surface area contributed by atoms with Crippen molar-refractivity contribution in [1.29, 1.82) is 0 Å². The van der Waals surface area contributed by atoms with Crippen LogP contribution in [0.15, 0.2) is 4.52 Å². The zero-order valence-electron chi connectivity index (χ0n) is 9.06. The molecule has 1 aromatic heterocycles. The Morgan fingerprint density at radius 1 is 1.47 bits per heavy atom. The monoisotopic (exact) mass is 209 g/mol. The number of Topliss-reactive ketones (excluding diaryl/α,β-unsaturated/α-hetero) is 1. The molecule has 82 valence electrons. The highest BCUT2D eigenvalue weighted by molar-refractivity contribution is 5.78. The third kappa shape index (κ3) is 2.16. The van der Waals surface area contributed by atoms with Crippen molar-refractivity contribution in [2.75, 3.05) is 18.0 Å². The second-order valence-electron chi connectivity index (χ2n) is 4.00. The molecule has 1 aromatic rings. The molecule has 0 bridgehead atoms. The number of hydrogen-bond acceptors (Lipinski definition) is 5. The lowest BCUT2D eigenvalue weighted by molar-refractivity contribution is -0.121. The van der Waals surface area contributed by atoms with Crippen molar-refractivity contribution < 1.29 is 9.32 Å². The van der Waals surface area contributed by atoms with Gasteiger partial charge in [-0.25, -0.2) is 0 Å². The second-order valence-corrected chi connectivity index (χ2v) is 4.00. The summed E-state index contributed by atoms with van der Waals surface area (Å²) in [6, 6.07) is 0.578. The van der Waals surface area contributed by atoms with Crippen molar-refractivity contribution in [2.45, 2.75) is 26.7 Å². The molecule has 5 nitrogen and oxygen atoms in total. The number of ketones is 1. The van der Waals surface area contributed by atoms with Crippen LogP contribution in [0.1, 0.15) is 25.6 Å². The van der Waals surface area contributed by atoms with E-state index in [1.165, 1.54) is 0 Å². The van der Waals surface area contributed by atoms with E-state index >= 15 is 0 Å². The first kappa shape index (κ1) is 10.1. The van der Waals surface area contributed by atoms with Crippen LogP contribution in [-0.2, 0) is 4.79 Å². The van der Waals surface area contributed by atoms with Crippen LogP contribution in [0.2, 0.25) is 0 Å². The summed E-state index contributed by atoms with van der Waals surface area (Å²) in [5.74, 6) is 1.15. The average molecular weight is 209 g/mol. The van der Waals surface area contributed by atoms with E-state index in [1.54, 1.807) is 13.8 Å². The SMILES string of the molecule is CC(=O)C1CCN(c2nc(C)no2)CC1. The fourth-order valence-corrected chi connectivity index (χ4v) is 1.89. The van der Waals surface area contributed by atoms with Crippen molar-refractivity contribution in [3.05, 3.63) is 5.82 Å². The Labute approximate surface area is 88.5 Å². The zero-order chi connectivity index (χ0) is 10.8. The van der Waals surface area contributed by atoms with Gasteiger partial charge in [0.2, 0.25) is 0 Å². The highest BCUT2D eigenvalue weighted by Gasteiger charge is 2.24. The minimum absolute atomic E-state index is 0.213. The Balaban J connectivity index is 1.96. The van der Waals surface area contributed by atoms with Gasteiger partial charge < -0.3 is 9.42 Å². The Kier molecular flexibility index (Phi) is 2.70. The van der Waals surface area contributed by atoms with Crippen LogP contribution in [0.4, 0.5) is 6.01 Å². The summed E-state index contributed by atoms with van der Waals surface area (Å²) < 4.78 is 5.08. The number of anilines is 1. The molecule has 0 aliphatic carbocycles. The van der Waals surface area contributed by atoms with Crippen LogP contribution >= 0.6 is 0 Å². The molecule has 0 saturated carbocycles. The van der Waals surface area contributed by atoms with E-state index in [0.717, 1.165) is 25.9 Å². The molecule has 5 heteroatoms. The Morgan fingerprint density at radius 2 is 2.13 bits per heavy atom. The molecule has 15 heavy (non-hydrogen) atoms. The molecule has 0 atom stereocenters. The van der Waals surface area contributed by atoms with Gasteiger partial charge >= 0.3 is 6.01 Å². The largest absolute Gasteiger partial charge is 0.324 e. The van der Waals surface area contributed by atoms with Crippen LogP contribution in [0, 0.1) is 12.8 Å². The molecule has 0 unspecified atom stereocenters. The van der Waals surface area contributed by atoms with Crippen molar-refractivity contribution >= 4 is 11.8 Å². The normalized spacial score (nSPS) is 18.1. The molecule has 0 amide bonds. The van der Waals surface area contributed by atoms with E-state index in [9.17, 15) is 4.79 Å². The lowest BCUT2D eigenvalue weighted by atomic mass is 9.94. The van der Waals surface area contributed by atoms with Gasteiger partial charge in [-0.3, -0.25) is 4.79 Å². The maximum atomic E-state index is 11.2. The second kappa shape index (κ2) is 4.00. The lowest BCUT2D eigenvalue weighted by Crippen LogP contribution is -2.35. The first-order valence-electron chi connectivity index (χ1n) is 5.22. The fraction of sp³-hybridized carbons (Fsp3) is 0.700. The van der Waals surface area contributed by atoms with Crippen LogP contribution < -0.4 is 4.90 Å². The van der Waals surface area contributed by atoms with Crippen LogP contribution in [0.25, 0.3) is 0 Å². The Morgan fingerprint density at radius 3 is 2.60 bits per heavy atom. The number of carbonyl (C=O) groups is 1.